The number of primary amides is 1. The van der Waals surface area contributed by atoms with Crippen molar-refractivity contribution >= 4 is 5.91 Å². The molecule has 1 aromatic rings. The third kappa shape index (κ3) is 4.57. The Morgan fingerprint density at radius 1 is 1.29 bits per heavy atom. The summed E-state index contributed by atoms with van der Waals surface area (Å²) in [5.74, 6) is -0.272. The van der Waals surface area contributed by atoms with Crippen molar-refractivity contribution in [3.8, 4) is 0 Å². The molecule has 0 aliphatic rings. The lowest BCUT2D eigenvalue weighted by Crippen LogP contribution is -2.27. The van der Waals surface area contributed by atoms with Crippen LogP contribution in [0.25, 0.3) is 0 Å². The van der Waals surface area contributed by atoms with Gasteiger partial charge in [-0.2, -0.15) is 0 Å². The monoisotopic (exact) mass is 234 g/mol. The standard InChI is InChI=1S/C14H22N2O/c1-10-4-6-11(7-5-10)12(15)8-14(2,3)9-13(16)17/h4-7,12H,8-9,15H2,1-3H3,(H2,16,17). The second-order valence-corrected chi connectivity index (χ2v) is 5.53. The van der Waals surface area contributed by atoms with Gasteiger partial charge in [-0.25, -0.2) is 0 Å². The number of hydrogen-bond acceptors (Lipinski definition) is 2. The summed E-state index contributed by atoms with van der Waals surface area (Å²) in [6.45, 7) is 6.09. The summed E-state index contributed by atoms with van der Waals surface area (Å²) in [6, 6.07) is 8.14. The molecular weight excluding hydrogens is 212 g/mol. The Labute approximate surface area is 103 Å². The molecule has 0 spiro atoms. The Hall–Kier alpha value is -1.35. The fourth-order valence-corrected chi connectivity index (χ4v) is 2.07. The number of carbonyl (C=O) groups is 1. The van der Waals surface area contributed by atoms with Crippen molar-refractivity contribution in [2.75, 3.05) is 0 Å². The molecule has 4 N–H and O–H groups in total. The summed E-state index contributed by atoms with van der Waals surface area (Å²) in [5.41, 5.74) is 13.6. The molecule has 1 atom stereocenters. The highest BCUT2D eigenvalue weighted by molar-refractivity contribution is 5.74. The van der Waals surface area contributed by atoms with Crippen molar-refractivity contribution in [3.63, 3.8) is 0 Å². The van der Waals surface area contributed by atoms with E-state index in [1.165, 1.54) is 5.56 Å². The molecule has 1 unspecified atom stereocenters. The number of nitrogens with two attached hydrogens (primary N) is 2. The van der Waals surface area contributed by atoms with Crippen molar-refractivity contribution in [2.24, 2.45) is 16.9 Å². The van der Waals surface area contributed by atoms with Crippen LogP contribution in [0.4, 0.5) is 0 Å². The minimum Gasteiger partial charge on any atom is -0.370 e. The molecule has 0 heterocycles. The molecular formula is C14H22N2O. The van der Waals surface area contributed by atoms with Gasteiger partial charge in [-0.15, -0.1) is 0 Å². The molecule has 3 heteroatoms. The molecule has 1 amide bonds. The fraction of sp³-hybridized carbons (Fsp3) is 0.500. The predicted molar refractivity (Wildman–Crippen MR) is 70.3 cm³/mol. The van der Waals surface area contributed by atoms with Crippen molar-refractivity contribution in [1.29, 1.82) is 0 Å². The van der Waals surface area contributed by atoms with Crippen LogP contribution in [0.3, 0.4) is 0 Å². The molecule has 1 aromatic carbocycles. The van der Waals surface area contributed by atoms with Gasteiger partial charge in [0.25, 0.3) is 0 Å². The van der Waals surface area contributed by atoms with E-state index in [0.29, 0.717) is 6.42 Å². The lowest BCUT2D eigenvalue weighted by atomic mass is 9.81. The van der Waals surface area contributed by atoms with Crippen LogP contribution in [0.2, 0.25) is 0 Å². The number of carbonyl (C=O) groups excluding carboxylic acids is 1. The van der Waals surface area contributed by atoms with E-state index in [4.69, 9.17) is 11.5 Å². The smallest absolute Gasteiger partial charge is 0.217 e. The number of aryl methyl sites for hydroxylation is 1. The van der Waals surface area contributed by atoms with Gasteiger partial charge in [0.1, 0.15) is 0 Å². The number of rotatable bonds is 5. The SMILES string of the molecule is Cc1ccc(C(N)CC(C)(C)CC(N)=O)cc1. The van der Waals surface area contributed by atoms with Crippen molar-refractivity contribution in [1.82, 2.24) is 0 Å². The average Bonchev–Trinajstić information content (AvgIpc) is 2.15. The van der Waals surface area contributed by atoms with E-state index in [1.807, 2.05) is 32.9 Å². The molecule has 0 radical (unpaired) electrons. The lowest BCUT2D eigenvalue weighted by Gasteiger charge is -2.26. The van der Waals surface area contributed by atoms with Gasteiger partial charge in [-0.1, -0.05) is 43.7 Å². The van der Waals surface area contributed by atoms with E-state index in [1.54, 1.807) is 0 Å². The molecule has 0 saturated carbocycles. The summed E-state index contributed by atoms with van der Waals surface area (Å²) in [6.07, 6.45) is 1.12. The van der Waals surface area contributed by atoms with Crippen LogP contribution >= 0.6 is 0 Å². The zero-order chi connectivity index (χ0) is 13.1. The summed E-state index contributed by atoms with van der Waals surface area (Å²) in [4.78, 5) is 11.0. The molecule has 0 fully saturated rings. The second kappa shape index (κ2) is 5.32. The first-order valence-electron chi connectivity index (χ1n) is 5.91. The summed E-state index contributed by atoms with van der Waals surface area (Å²) in [7, 11) is 0. The van der Waals surface area contributed by atoms with Crippen LogP contribution in [0.5, 0.6) is 0 Å². The molecule has 0 saturated heterocycles. The van der Waals surface area contributed by atoms with Crippen molar-refractivity contribution in [2.45, 2.75) is 39.7 Å². The second-order valence-electron chi connectivity index (χ2n) is 5.53. The highest BCUT2D eigenvalue weighted by Gasteiger charge is 2.24. The highest BCUT2D eigenvalue weighted by atomic mass is 16.1. The van der Waals surface area contributed by atoms with E-state index >= 15 is 0 Å². The molecule has 0 aliphatic heterocycles. The molecule has 17 heavy (non-hydrogen) atoms. The molecule has 3 nitrogen and oxygen atoms in total. The number of amides is 1. The predicted octanol–water partition coefficient (Wildman–Crippen LogP) is 2.29. The Morgan fingerprint density at radius 2 is 1.82 bits per heavy atom. The maximum Gasteiger partial charge on any atom is 0.217 e. The van der Waals surface area contributed by atoms with Crippen LogP contribution < -0.4 is 11.5 Å². The first kappa shape index (κ1) is 13.7. The van der Waals surface area contributed by atoms with Crippen LogP contribution in [-0.2, 0) is 4.79 Å². The topological polar surface area (TPSA) is 69.1 Å². The molecule has 0 aliphatic carbocycles. The quantitative estimate of drug-likeness (QED) is 0.820. The van der Waals surface area contributed by atoms with Gasteiger partial charge in [0, 0.05) is 12.5 Å². The van der Waals surface area contributed by atoms with Crippen LogP contribution in [0.15, 0.2) is 24.3 Å². The first-order valence-corrected chi connectivity index (χ1v) is 5.91. The maximum atomic E-state index is 11.0. The minimum absolute atomic E-state index is 0.0510. The molecule has 0 aromatic heterocycles. The summed E-state index contributed by atoms with van der Waals surface area (Å²) < 4.78 is 0. The fourth-order valence-electron chi connectivity index (χ4n) is 2.07. The zero-order valence-corrected chi connectivity index (χ0v) is 10.9. The molecule has 1 rings (SSSR count). The van der Waals surface area contributed by atoms with E-state index in [9.17, 15) is 4.79 Å². The normalized spacial score (nSPS) is 13.4. The lowest BCUT2D eigenvalue weighted by molar-refractivity contribution is -0.120. The first-order chi connectivity index (χ1) is 7.80. The van der Waals surface area contributed by atoms with Crippen molar-refractivity contribution < 1.29 is 4.79 Å². The average molecular weight is 234 g/mol. The minimum atomic E-state index is -0.272. The maximum absolute atomic E-state index is 11.0. The van der Waals surface area contributed by atoms with E-state index in [2.05, 4.69) is 12.1 Å². The number of hydrogen-bond donors (Lipinski definition) is 2. The molecule has 0 bridgehead atoms. The Bertz CT molecular complexity index is 382. The Kier molecular flexibility index (Phi) is 4.29. The summed E-state index contributed by atoms with van der Waals surface area (Å²) in [5, 5.41) is 0. The van der Waals surface area contributed by atoms with Gasteiger partial charge in [-0.05, 0) is 24.3 Å². The van der Waals surface area contributed by atoms with Gasteiger partial charge >= 0.3 is 0 Å². The van der Waals surface area contributed by atoms with E-state index in [-0.39, 0.29) is 17.4 Å². The van der Waals surface area contributed by atoms with Crippen LogP contribution in [0.1, 0.15) is 43.9 Å². The number of benzene rings is 1. The van der Waals surface area contributed by atoms with Crippen LogP contribution in [0, 0.1) is 12.3 Å². The van der Waals surface area contributed by atoms with E-state index < -0.39 is 0 Å². The van der Waals surface area contributed by atoms with Gasteiger partial charge in [-0.3, -0.25) is 4.79 Å². The summed E-state index contributed by atoms with van der Waals surface area (Å²) >= 11 is 0. The van der Waals surface area contributed by atoms with Gasteiger partial charge in [0.2, 0.25) is 5.91 Å². The largest absolute Gasteiger partial charge is 0.370 e. The van der Waals surface area contributed by atoms with Gasteiger partial charge in [0.05, 0.1) is 0 Å². The van der Waals surface area contributed by atoms with Gasteiger partial charge < -0.3 is 11.5 Å². The third-order valence-corrected chi connectivity index (χ3v) is 2.93. The Morgan fingerprint density at radius 3 is 2.29 bits per heavy atom. The highest BCUT2D eigenvalue weighted by Crippen LogP contribution is 2.31. The Balaban J connectivity index is 2.68. The van der Waals surface area contributed by atoms with E-state index in [0.717, 1.165) is 12.0 Å². The third-order valence-electron chi connectivity index (χ3n) is 2.93. The molecule has 94 valence electrons. The zero-order valence-electron chi connectivity index (χ0n) is 10.9. The van der Waals surface area contributed by atoms with Crippen molar-refractivity contribution in [3.05, 3.63) is 35.4 Å². The van der Waals surface area contributed by atoms with Crippen LogP contribution in [-0.4, -0.2) is 5.91 Å². The van der Waals surface area contributed by atoms with Gasteiger partial charge in [0.15, 0.2) is 0 Å².